The summed E-state index contributed by atoms with van der Waals surface area (Å²) in [4.78, 5) is 2.27. The van der Waals surface area contributed by atoms with E-state index >= 15 is 0 Å². The smallest absolute Gasteiger partial charge is 0.0637 e. The first-order chi connectivity index (χ1) is 7.72. The fourth-order valence-corrected chi connectivity index (χ4v) is 2.38. The summed E-state index contributed by atoms with van der Waals surface area (Å²) in [6.07, 6.45) is 0. The minimum absolute atomic E-state index is 0.545. The molecule has 2 nitrogen and oxygen atoms in total. The van der Waals surface area contributed by atoms with Crippen LogP contribution in [-0.2, 0) is 10.6 Å². The van der Waals surface area contributed by atoms with E-state index in [1.54, 1.807) is 7.11 Å². The monoisotopic (exact) mass is 305 g/mol. The summed E-state index contributed by atoms with van der Waals surface area (Å²) in [6, 6.07) is 6.22. The molecular weight excluding hydrogens is 289 g/mol. The van der Waals surface area contributed by atoms with Gasteiger partial charge in [-0.25, -0.2) is 0 Å². The first kappa shape index (κ1) is 13.8. The van der Waals surface area contributed by atoms with Crippen LogP contribution >= 0.6 is 27.5 Å². The van der Waals surface area contributed by atoms with Gasteiger partial charge in [0.05, 0.1) is 12.3 Å². The molecule has 0 N–H and O–H groups in total. The van der Waals surface area contributed by atoms with Gasteiger partial charge in [-0.05, 0) is 40.5 Å². The normalized spacial score (nSPS) is 10.5. The van der Waals surface area contributed by atoms with Gasteiger partial charge in [0.1, 0.15) is 0 Å². The van der Waals surface area contributed by atoms with Gasteiger partial charge in [0, 0.05) is 30.6 Å². The molecule has 0 saturated carbocycles. The molecule has 1 aromatic carbocycles. The standard InChI is InChI=1S/C12H17BrClNO/c1-3-15(6-7-16-2)12-5-4-10(9-14)8-11(12)13/h4-5,8H,3,6-7,9H2,1-2H3. The minimum Gasteiger partial charge on any atom is -0.383 e. The van der Waals surface area contributed by atoms with Crippen LogP contribution in [0.1, 0.15) is 12.5 Å². The molecule has 0 amide bonds. The summed E-state index contributed by atoms with van der Waals surface area (Å²) in [5.74, 6) is 0.545. The number of hydrogen-bond acceptors (Lipinski definition) is 2. The fraction of sp³-hybridized carbons (Fsp3) is 0.500. The van der Waals surface area contributed by atoms with Crippen molar-refractivity contribution in [2.24, 2.45) is 0 Å². The molecule has 0 unspecified atom stereocenters. The van der Waals surface area contributed by atoms with Gasteiger partial charge in [-0.2, -0.15) is 0 Å². The highest BCUT2D eigenvalue weighted by Gasteiger charge is 2.08. The number of methoxy groups -OCH3 is 1. The third-order valence-electron chi connectivity index (χ3n) is 2.45. The molecule has 0 aliphatic heterocycles. The van der Waals surface area contributed by atoms with Crippen LogP contribution in [0.15, 0.2) is 22.7 Å². The molecular formula is C12H17BrClNO. The molecule has 0 aliphatic rings. The number of ether oxygens (including phenoxy) is 1. The summed E-state index contributed by atoms with van der Waals surface area (Å²) in [5.41, 5.74) is 2.31. The second-order valence-electron chi connectivity index (χ2n) is 3.49. The van der Waals surface area contributed by atoms with E-state index in [-0.39, 0.29) is 0 Å². The summed E-state index contributed by atoms with van der Waals surface area (Å²) in [6.45, 7) is 4.73. The quantitative estimate of drug-likeness (QED) is 0.744. The van der Waals surface area contributed by atoms with Crippen molar-refractivity contribution in [2.75, 3.05) is 31.7 Å². The van der Waals surface area contributed by atoms with Gasteiger partial charge in [0.25, 0.3) is 0 Å². The Morgan fingerprint density at radius 2 is 2.19 bits per heavy atom. The third-order valence-corrected chi connectivity index (χ3v) is 3.40. The predicted octanol–water partition coefficient (Wildman–Crippen LogP) is 3.66. The van der Waals surface area contributed by atoms with E-state index in [1.165, 1.54) is 5.69 Å². The van der Waals surface area contributed by atoms with Crippen LogP contribution in [0.3, 0.4) is 0 Å². The van der Waals surface area contributed by atoms with Crippen LogP contribution in [0, 0.1) is 0 Å². The zero-order valence-electron chi connectivity index (χ0n) is 9.67. The molecule has 0 atom stereocenters. The Hall–Kier alpha value is -0.250. The zero-order chi connectivity index (χ0) is 12.0. The molecule has 0 bridgehead atoms. The lowest BCUT2D eigenvalue weighted by atomic mass is 10.2. The zero-order valence-corrected chi connectivity index (χ0v) is 12.0. The van der Waals surface area contributed by atoms with E-state index in [2.05, 4.69) is 46.0 Å². The fourth-order valence-electron chi connectivity index (χ4n) is 1.54. The minimum atomic E-state index is 0.545. The van der Waals surface area contributed by atoms with Gasteiger partial charge in [-0.3, -0.25) is 0 Å². The van der Waals surface area contributed by atoms with Crippen molar-refractivity contribution in [2.45, 2.75) is 12.8 Å². The van der Waals surface area contributed by atoms with Crippen molar-refractivity contribution < 1.29 is 4.74 Å². The van der Waals surface area contributed by atoms with Gasteiger partial charge in [-0.1, -0.05) is 6.07 Å². The summed E-state index contributed by atoms with van der Waals surface area (Å²) in [7, 11) is 1.72. The Balaban J connectivity index is 2.83. The number of halogens is 2. The van der Waals surface area contributed by atoms with Crippen molar-refractivity contribution in [1.29, 1.82) is 0 Å². The van der Waals surface area contributed by atoms with E-state index in [4.69, 9.17) is 16.3 Å². The molecule has 0 fully saturated rings. The lowest BCUT2D eigenvalue weighted by Crippen LogP contribution is -2.27. The number of likely N-dealkylation sites (N-methyl/N-ethyl adjacent to an activating group) is 1. The highest BCUT2D eigenvalue weighted by Crippen LogP contribution is 2.27. The topological polar surface area (TPSA) is 12.5 Å². The van der Waals surface area contributed by atoms with E-state index in [9.17, 15) is 0 Å². The molecule has 0 spiro atoms. The molecule has 0 radical (unpaired) electrons. The van der Waals surface area contributed by atoms with Crippen molar-refractivity contribution in [3.8, 4) is 0 Å². The molecule has 90 valence electrons. The lowest BCUT2D eigenvalue weighted by molar-refractivity contribution is 0.205. The summed E-state index contributed by atoms with van der Waals surface area (Å²) in [5, 5.41) is 0. The molecule has 1 aromatic rings. The van der Waals surface area contributed by atoms with Crippen molar-refractivity contribution in [3.05, 3.63) is 28.2 Å². The van der Waals surface area contributed by atoms with Gasteiger partial charge >= 0.3 is 0 Å². The molecule has 4 heteroatoms. The maximum absolute atomic E-state index is 5.79. The van der Waals surface area contributed by atoms with E-state index in [0.717, 1.165) is 29.7 Å². The van der Waals surface area contributed by atoms with Crippen LogP contribution < -0.4 is 4.90 Å². The average Bonchev–Trinajstić information content (AvgIpc) is 2.31. The van der Waals surface area contributed by atoms with Crippen LogP contribution in [0.4, 0.5) is 5.69 Å². The van der Waals surface area contributed by atoms with Gasteiger partial charge in [0.15, 0.2) is 0 Å². The predicted molar refractivity (Wildman–Crippen MR) is 73.5 cm³/mol. The second kappa shape index (κ2) is 7.15. The number of rotatable bonds is 6. The van der Waals surface area contributed by atoms with Crippen molar-refractivity contribution in [3.63, 3.8) is 0 Å². The van der Waals surface area contributed by atoms with Crippen LogP contribution in [0.2, 0.25) is 0 Å². The maximum Gasteiger partial charge on any atom is 0.0637 e. The number of alkyl halides is 1. The third kappa shape index (κ3) is 3.65. The van der Waals surface area contributed by atoms with Gasteiger partial charge in [-0.15, -0.1) is 11.6 Å². The first-order valence-electron chi connectivity index (χ1n) is 5.31. The highest BCUT2D eigenvalue weighted by atomic mass is 79.9. The van der Waals surface area contributed by atoms with Crippen molar-refractivity contribution in [1.82, 2.24) is 0 Å². The summed E-state index contributed by atoms with van der Waals surface area (Å²) < 4.78 is 6.19. The van der Waals surface area contributed by atoms with Crippen molar-refractivity contribution >= 4 is 33.2 Å². The van der Waals surface area contributed by atoms with E-state index in [0.29, 0.717) is 5.88 Å². The lowest BCUT2D eigenvalue weighted by Gasteiger charge is -2.24. The summed E-state index contributed by atoms with van der Waals surface area (Å²) >= 11 is 9.37. The highest BCUT2D eigenvalue weighted by molar-refractivity contribution is 9.10. The Labute approximate surface area is 111 Å². The molecule has 1 rings (SSSR count). The van der Waals surface area contributed by atoms with E-state index in [1.807, 2.05) is 0 Å². The number of anilines is 1. The number of hydrogen-bond donors (Lipinski definition) is 0. The number of benzene rings is 1. The second-order valence-corrected chi connectivity index (χ2v) is 4.61. The van der Waals surface area contributed by atoms with Gasteiger partial charge < -0.3 is 9.64 Å². The molecule has 0 heterocycles. The Kier molecular flexibility index (Phi) is 6.17. The Morgan fingerprint density at radius 3 is 2.69 bits per heavy atom. The molecule has 0 aliphatic carbocycles. The SMILES string of the molecule is CCN(CCOC)c1ccc(CCl)cc1Br. The van der Waals surface area contributed by atoms with E-state index < -0.39 is 0 Å². The largest absolute Gasteiger partial charge is 0.383 e. The average molecular weight is 307 g/mol. The molecule has 16 heavy (non-hydrogen) atoms. The maximum atomic E-state index is 5.79. The van der Waals surface area contributed by atoms with Crippen LogP contribution in [0.5, 0.6) is 0 Å². The van der Waals surface area contributed by atoms with Crippen LogP contribution in [-0.4, -0.2) is 26.8 Å². The molecule has 0 saturated heterocycles. The molecule has 0 aromatic heterocycles. The number of nitrogens with zero attached hydrogens (tertiary/aromatic N) is 1. The Bertz CT molecular complexity index is 333. The van der Waals surface area contributed by atoms with Gasteiger partial charge in [0.2, 0.25) is 0 Å². The van der Waals surface area contributed by atoms with Crippen LogP contribution in [0.25, 0.3) is 0 Å². The first-order valence-corrected chi connectivity index (χ1v) is 6.64. The Morgan fingerprint density at radius 1 is 1.44 bits per heavy atom.